The van der Waals surface area contributed by atoms with Gasteiger partial charge < -0.3 is 10.6 Å². The first-order chi connectivity index (χ1) is 8.36. The Bertz CT molecular complexity index is 477. The largest absolute Gasteiger partial charge is 0.348 e. The van der Waals surface area contributed by atoms with Crippen LogP contribution in [0.4, 0.5) is 5.13 Å². The molecule has 0 bridgehead atoms. The molecule has 0 saturated carbocycles. The first-order valence-electron chi connectivity index (χ1n) is 6.03. The lowest BCUT2D eigenvalue weighted by atomic mass is 9.99. The minimum atomic E-state index is 0.615. The molecule has 90 valence electrons. The van der Waals surface area contributed by atoms with Crippen LogP contribution in [0, 0.1) is 5.92 Å². The zero-order chi connectivity index (χ0) is 11.7. The van der Waals surface area contributed by atoms with Crippen molar-refractivity contribution in [1.29, 1.82) is 0 Å². The van der Waals surface area contributed by atoms with Crippen molar-refractivity contribution in [2.24, 2.45) is 11.7 Å². The number of hydrogen-bond donors (Lipinski definition) is 1. The van der Waals surface area contributed by atoms with Crippen LogP contribution >= 0.6 is 11.3 Å². The molecule has 0 amide bonds. The molecule has 0 aromatic carbocycles. The lowest BCUT2D eigenvalue weighted by Crippen LogP contribution is -2.38. The molecular weight excluding hydrogens is 232 g/mol. The van der Waals surface area contributed by atoms with Gasteiger partial charge in [0, 0.05) is 19.3 Å². The summed E-state index contributed by atoms with van der Waals surface area (Å²) in [7, 11) is 0. The Balaban J connectivity index is 1.87. The van der Waals surface area contributed by atoms with Gasteiger partial charge in [0.25, 0.3) is 0 Å². The van der Waals surface area contributed by atoms with E-state index in [2.05, 4.69) is 14.9 Å². The van der Waals surface area contributed by atoms with Crippen molar-refractivity contribution in [1.82, 2.24) is 9.97 Å². The third-order valence-electron chi connectivity index (χ3n) is 3.28. The zero-order valence-corrected chi connectivity index (χ0v) is 10.5. The van der Waals surface area contributed by atoms with Crippen LogP contribution in [0.1, 0.15) is 12.8 Å². The number of nitrogens with two attached hydrogens (primary N) is 1. The van der Waals surface area contributed by atoms with Gasteiger partial charge in [-0.25, -0.2) is 9.97 Å². The number of rotatable bonds is 2. The van der Waals surface area contributed by atoms with E-state index in [-0.39, 0.29) is 0 Å². The summed E-state index contributed by atoms with van der Waals surface area (Å²) in [5.41, 5.74) is 6.76. The zero-order valence-electron chi connectivity index (χ0n) is 9.67. The molecule has 1 atom stereocenters. The topological polar surface area (TPSA) is 55.0 Å². The van der Waals surface area contributed by atoms with Gasteiger partial charge in [0.15, 0.2) is 5.13 Å². The highest BCUT2D eigenvalue weighted by Crippen LogP contribution is 2.29. The molecular formula is C12H16N4S. The molecule has 4 nitrogen and oxygen atoms in total. The summed E-state index contributed by atoms with van der Waals surface area (Å²) in [4.78, 5) is 12.4. The van der Waals surface area contributed by atoms with Gasteiger partial charge in [-0.05, 0) is 37.4 Å². The van der Waals surface area contributed by atoms with Gasteiger partial charge in [-0.1, -0.05) is 11.3 Å². The number of pyridine rings is 1. The van der Waals surface area contributed by atoms with Crippen molar-refractivity contribution in [3.8, 4) is 0 Å². The van der Waals surface area contributed by atoms with E-state index in [0.29, 0.717) is 5.92 Å². The molecule has 2 N–H and O–H groups in total. The van der Waals surface area contributed by atoms with E-state index < -0.39 is 0 Å². The molecule has 0 radical (unpaired) electrons. The van der Waals surface area contributed by atoms with Gasteiger partial charge in [0.1, 0.15) is 10.3 Å². The van der Waals surface area contributed by atoms with E-state index in [1.54, 1.807) is 11.3 Å². The Hall–Kier alpha value is -1.20. The van der Waals surface area contributed by atoms with Gasteiger partial charge in [-0.3, -0.25) is 0 Å². The maximum atomic E-state index is 5.76. The monoisotopic (exact) mass is 248 g/mol. The molecule has 1 aliphatic heterocycles. The number of aromatic nitrogens is 2. The third kappa shape index (κ3) is 2.12. The van der Waals surface area contributed by atoms with Crippen LogP contribution in [0.3, 0.4) is 0 Å². The lowest BCUT2D eigenvalue weighted by molar-refractivity contribution is 0.423. The molecule has 5 heteroatoms. The van der Waals surface area contributed by atoms with E-state index >= 15 is 0 Å². The normalized spacial score (nSPS) is 21.0. The Labute approximate surface area is 104 Å². The van der Waals surface area contributed by atoms with Gasteiger partial charge in [-0.15, -0.1) is 0 Å². The molecule has 1 aliphatic rings. The molecule has 0 spiro atoms. The van der Waals surface area contributed by atoms with Crippen molar-refractivity contribution < 1.29 is 0 Å². The van der Waals surface area contributed by atoms with Crippen LogP contribution in [0.15, 0.2) is 18.3 Å². The molecule has 17 heavy (non-hydrogen) atoms. The second kappa shape index (κ2) is 4.58. The highest BCUT2D eigenvalue weighted by atomic mass is 32.1. The second-order valence-corrected chi connectivity index (χ2v) is 5.47. The van der Waals surface area contributed by atoms with E-state index in [4.69, 9.17) is 5.73 Å². The quantitative estimate of drug-likeness (QED) is 0.881. The molecule has 2 aromatic rings. The van der Waals surface area contributed by atoms with Gasteiger partial charge in [0.2, 0.25) is 0 Å². The van der Waals surface area contributed by atoms with Crippen molar-refractivity contribution in [2.45, 2.75) is 12.8 Å². The number of thiazole rings is 1. The average molecular weight is 248 g/mol. The summed E-state index contributed by atoms with van der Waals surface area (Å²) in [5.74, 6) is 0.615. The van der Waals surface area contributed by atoms with Gasteiger partial charge in [-0.2, -0.15) is 0 Å². The third-order valence-corrected chi connectivity index (χ3v) is 4.32. The molecule has 2 aromatic heterocycles. The number of fused-ring (bicyclic) bond motifs is 1. The van der Waals surface area contributed by atoms with Crippen LogP contribution in [0.25, 0.3) is 10.3 Å². The van der Waals surface area contributed by atoms with Gasteiger partial charge in [0.05, 0.1) is 0 Å². The Morgan fingerprint density at radius 1 is 1.53 bits per heavy atom. The molecule has 3 heterocycles. The Kier molecular flexibility index (Phi) is 2.94. The van der Waals surface area contributed by atoms with E-state index in [1.165, 1.54) is 12.8 Å². The van der Waals surface area contributed by atoms with E-state index in [9.17, 15) is 0 Å². The predicted molar refractivity (Wildman–Crippen MR) is 71.4 cm³/mol. The SMILES string of the molecule is NCC1CCCN(c2nc3cccnc3s2)C1. The highest BCUT2D eigenvalue weighted by molar-refractivity contribution is 7.21. The summed E-state index contributed by atoms with van der Waals surface area (Å²) >= 11 is 1.68. The van der Waals surface area contributed by atoms with Crippen LogP contribution in [0.2, 0.25) is 0 Å². The maximum absolute atomic E-state index is 5.76. The fourth-order valence-corrected chi connectivity index (χ4v) is 3.27. The minimum absolute atomic E-state index is 0.615. The van der Waals surface area contributed by atoms with Crippen molar-refractivity contribution >= 4 is 26.8 Å². The van der Waals surface area contributed by atoms with Crippen LogP contribution in [-0.2, 0) is 0 Å². The summed E-state index contributed by atoms with van der Waals surface area (Å²) in [6, 6.07) is 3.96. The van der Waals surface area contributed by atoms with Crippen LogP contribution in [-0.4, -0.2) is 29.6 Å². The van der Waals surface area contributed by atoms with E-state index in [1.807, 2.05) is 18.3 Å². The lowest BCUT2D eigenvalue weighted by Gasteiger charge is -2.31. The van der Waals surface area contributed by atoms with E-state index in [0.717, 1.165) is 35.1 Å². The number of piperidine rings is 1. The highest BCUT2D eigenvalue weighted by Gasteiger charge is 2.21. The van der Waals surface area contributed by atoms with Gasteiger partial charge >= 0.3 is 0 Å². The van der Waals surface area contributed by atoms with Crippen molar-refractivity contribution in [3.05, 3.63) is 18.3 Å². The molecule has 3 rings (SSSR count). The number of anilines is 1. The Morgan fingerprint density at radius 2 is 2.47 bits per heavy atom. The van der Waals surface area contributed by atoms with Crippen molar-refractivity contribution in [3.63, 3.8) is 0 Å². The predicted octanol–water partition coefficient (Wildman–Crippen LogP) is 1.87. The van der Waals surface area contributed by atoms with Crippen LogP contribution < -0.4 is 10.6 Å². The maximum Gasteiger partial charge on any atom is 0.187 e. The Morgan fingerprint density at radius 3 is 3.29 bits per heavy atom. The average Bonchev–Trinajstić information content (AvgIpc) is 2.82. The molecule has 1 unspecified atom stereocenters. The minimum Gasteiger partial charge on any atom is -0.348 e. The first-order valence-corrected chi connectivity index (χ1v) is 6.85. The standard InChI is InChI=1S/C12H16N4S/c13-7-9-3-2-6-16(8-9)12-15-10-4-1-5-14-11(10)17-12/h1,4-5,9H,2-3,6-8,13H2. The van der Waals surface area contributed by atoms with Crippen LogP contribution in [0.5, 0.6) is 0 Å². The summed E-state index contributed by atoms with van der Waals surface area (Å²) in [6.45, 7) is 2.91. The summed E-state index contributed by atoms with van der Waals surface area (Å²) in [5, 5.41) is 1.09. The fourth-order valence-electron chi connectivity index (χ4n) is 2.32. The molecule has 0 aliphatic carbocycles. The smallest absolute Gasteiger partial charge is 0.187 e. The molecule has 1 saturated heterocycles. The number of nitrogens with zero attached hydrogens (tertiary/aromatic N) is 3. The number of hydrogen-bond acceptors (Lipinski definition) is 5. The summed E-state index contributed by atoms with van der Waals surface area (Å²) < 4.78 is 0. The second-order valence-electron chi connectivity index (χ2n) is 4.51. The fraction of sp³-hybridized carbons (Fsp3) is 0.500. The van der Waals surface area contributed by atoms with Crippen molar-refractivity contribution in [2.75, 3.05) is 24.5 Å². The first kappa shape index (κ1) is 10.9. The molecule has 1 fully saturated rings. The summed E-state index contributed by atoms with van der Waals surface area (Å²) in [6.07, 6.45) is 4.28.